The van der Waals surface area contributed by atoms with Crippen molar-refractivity contribution in [2.45, 2.75) is 13.8 Å². The van der Waals surface area contributed by atoms with Crippen LogP contribution in [0.5, 0.6) is 5.75 Å². The van der Waals surface area contributed by atoms with E-state index in [1.165, 1.54) is 0 Å². The number of hydrogen-bond acceptors (Lipinski definition) is 4. The Balaban J connectivity index is 1.85. The van der Waals surface area contributed by atoms with Gasteiger partial charge in [0.1, 0.15) is 11.4 Å². The maximum absolute atomic E-state index is 13.0. The molecule has 2 aromatic carbocycles. The summed E-state index contributed by atoms with van der Waals surface area (Å²) in [6.45, 7) is 5.06. The first-order chi connectivity index (χ1) is 15.5. The molecule has 3 N–H and O–H groups in total. The molecule has 32 heavy (non-hydrogen) atoms. The van der Waals surface area contributed by atoms with Gasteiger partial charge in [0.2, 0.25) is 0 Å². The number of aromatic nitrogens is 2. The van der Waals surface area contributed by atoms with Gasteiger partial charge in [0.15, 0.2) is 0 Å². The first-order valence-corrected chi connectivity index (χ1v) is 10.8. The molecule has 0 radical (unpaired) electrons. The molecule has 2 heterocycles. The van der Waals surface area contributed by atoms with Crippen molar-refractivity contribution in [3.8, 4) is 28.0 Å². The van der Waals surface area contributed by atoms with Crippen LogP contribution >= 0.6 is 11.6 Å². The Labute approximate surface area is 192 Å². The summed E-state index contributed by atoms with van der Waals surface area (Å²) in [6, 6.07) is 13.4. The van der Waals surface area contributed by atoms with Crippen molar-refractivity contribution in [1.29, 1.82) is 0 Å². The van der Waals surface area contributed by atoms with E-state index in [4.69, 9.17) is 22.1 Å². The fourth-order valence-electron chi connectivity index (χ4n) is 3.89. The molecule has 0 saturated carbocycles. The van der Waals surface area contributed by atoms with Crippen molar-refractivity contribution < 1.29 is 9.53 Å². The largest absolute Gasteiger partial charge is 0.496 e. The first-order valence-electron chi connectivity index (χ1n) is 10.5. The number of anilines is 1. The summed E-state index contributed by atoms with van der Waals surface area (Å²) in [5, 5.41) is 1.29. The lowest BCUT2D eigenvalue weighted by molar-refractivity contribution is 0.0774. The molecule has 0 aliphatic heterocycles. The maximum Gasteiger partial charge on any atom is 0.256 e. The van der Waals surface area contributed by atoms with Crippen LogP contribution in [0.25, 0.3) is 33.3 Å². The predicted molar refractivity (Wildman–Crippen MR) is 130 cm³/mol. The van der Waals surface area contributed by atoms with Crippen LogP contribution in [-0.4, -0.2) is 41.0 Å². The fraction of sp³-hybridized carbons (Fsp3) is 0.200. The second-order valence-electron chi connectivity index (χ2n) is 7.42. The number of halogens is 1. The molecule has 0 aliphatic rings. The van der Waals surface area contributed by atoms with Crippen molar-refractivity contribution in [3.63, 3.8) is 0 Å². The van der Waals surface area contributed by atoms with Crippen LogP contribution in [0.2, 0.25) is 5.02 Å². The third kappa shape index (κ3) is 3.78. The van der Waals surface area contributed by atoms with E-state index in [1.807, 2.05) is 50.4 Å². The Kier molecular flexibility index (Phi) is 6.06. The zero-order valence-electron chi connectivity index (χ0n) is 18.3. The van der Waals surface area contributed by atoms with Gasteiger partial charge < -0.3 is 20.4 Å². The summed E-state index contributed by atoms with van der Waals surface area (Å²) in [7, 11) is 1.65. The Morgan fingerprint density at radius 2 is 1.88 bits per heavy atom. The number of benzene rings is 2. The average Bonchev–Trinajstić information content (AvgIpc) is 3.24. The summed E-state index contributed by atoms with van der Waals surface area (Å²) in [6.07, 6.45) is 3.68. The highest BCUT2D eigenvalue weighted by molar-refractivity contribution is 6.34. The second-order valence-corrected chi connectivity index (χ2v) is 7.83. The number of nitrogens with one attached hydrogen (secondary N) is 1. The van der Waals surface area contributed by atoms with Crippen molar-refractivity contribution in [3.05, 3.63) is 65.4 Å². The quantitative estimate of drug-likeness (QED) is 0.375. The van der Waals surface area contributed by atoms with E-state index in [1.54, 1.807) is 30.3 Å². The number of nitrogens with two attached hydrogens (primary N) is 1. The molecule has 1 amide bonds. The van der Waals surface area contributed by atoms with Gasteiger partial charge in [0, 0.05) is 47.6 Å². The van der Waals surface area contributed by atoms with Crippen LogP contribution < -0.4 is 10.5 Å². The van der Waals surface area contributed by atoms with Crippen molar-refractivity contribution in [1.82, 2.24) is 14.9 Å². The lowest BCUT2D eigenvalue weighted by atomic mass is 9.99. The van der Waals surface area contributed by atoms with Crippen LogP contribution in [-0.2, 0) is 0 Å². The molecule has 0 saturated heterocycles. The minimum absolute atomic E-state index is 0.137. The Hall–Kier alpha value is -3.51. The lowest BCUT2D eigenvalue weighted by Crippen LogP contribution is -2.31. The lowest BCUT2D eigenvalue weighted by Gasteiger charge is -2.20. The molecule has 0 spiro atoms. The number of ether oxygens (including phenoxy) is 1. The SMILES string of the molecule is CCN(CC)C(=O)c1cc(-c2cnc3[nH]cc(-c4ccccc4OC)c3c2)cc(Cl)c1N. The van der Waals surface area contributed by atoms with Crippen molar-refractivity contribution in [2.75, 3.05) is 25.9 Å². The van der Waals surface area contributed by atoms with Gasteiger partial charge in [-0.1, -0.05) is 29.8 Å². The molecule has 0 atom stereocenters. The highest BCUT2D eigenvalue weighted by Gasteiger charge is 2.20. The van der Waals surface area contributed by atoms with Gasteiger partial charge in [-0.15, -0.1) is 0 Å². The number of para-hydroxylation sites is 1. The van der Waals surface area contributed by atoms with E-state index in [0.29, 0.717) is 23.7 Å². The van der Waals surface area contributed by atoms with E-state index < -0.39 is 0 Å². The van der Waals surface area contributed by atoms with Crippen LogP contribution in [0.3, 0.4) is 0 Å². The van der Waals surface area contributed by atoms with E-state index in [9.17, 15) is 4.79 Å². The monoisotopic (exact) mass is 448 g/mol. The molecule has 164 valence electrons. The standard InChI is InChI=1S/C25H25ClN4O2/c1-4-30(5-2)25(31)19-10-15(12-21(26)23(19)27)16-11-18-20(14-29-24(18)28-13-16)17-8-6-7-9-22(17)32-3/h6-14H,4-5,27H2,1-3H3,(H,28,29). The molecule has 0 aliphatic carbocycles. The normalized spacial score (nSPS) is 11.0. The van der Waals surface area contributed by atoms with E-state index >= 15 is 0 Å². The summed E-state index contributed by atoms with van der Waals surface area (Å²) in [5.74, 6) is 0.642. The van der Waals surface area contributed by atoms with Crippen LogP contribution in [0.4, 0.5) is 5.69 Å². The number of amides is 1. The number of methoxy groups -OCH3 is 1. The molecular weight excluding hydrogens is 424 g/mol. The molecule has 4 rings (SSSR count). The molecule has 4 aromatic rings. The number of nitrogens with zero attached hydrogens (tertiary/aromatic N) is 2. The molecular formula is C25H25ClN4O2. The molecule has 0 unspecified atom stereocenters. The van der Waals surface area contributed by atoms with Gasteiger partial charge in [0.25, 0.3) is 5.91 Å². The Morgan fingerprint density at radius 3 is 2.59 bits per heavy atom. The van der Waals surface area contributed by atoms with E-state index in [-0.39, 0.29) is 11.6 Å². The average molecular weight is 449 g/mol. The van der Waals surface area contributed by atoms with Crippen LogP contribution in [0, 0.1) is 0 Å². The number of H-pyrrole nitrogens is 1. The summed E-state index contributed by atoms with van der Waals surface area (Å²) < 4.78 is 5.54. The summed E-state index contributed by atoms with van der Waals surface area (Å²) in [5.41, 5.74) is 11.2. The highest BCUT2D eigenvalue weighted by atomic mass is 35.5. The second kappa shape index (κ2) is 8.93. The first kappa shape index (κ1) is 21.7. The van der Waals surface area contributed by atoms with Gasteiger partial charge in [0.05, 0.1) is 23.4 Å². The molecule has 6 nitrogen and oxygen atoms in total. The van der Waals surface area contributed by atoms with E-state index in [2.05, 4.69) is 9.97 Å². The smallest absolute Gasteiger partial charge is 0.256 e. The fourth-order valence-corrected chi connectivity index (χ4v) is 4.11. The third-order valence-corrected chi connectivity index (χ3v) is 5.98. The number of carbonyl (C=O) groups excluding carboxylic acids is 1. The number of rotatable bonds is 6. The minimum Gasteiger partial charge on any atom is -0.496 e. The molecule has 7 heteroatoms. The number of hydrogen-bond donors (Lipinski definition) is 2. The van der Waals surface area contributed by atoms with E-state index in [0.717, 1.165) is 39.0 Å². The predicted octanol–water partition coefficient (Wildman–Crippen LogP) is 5.62. The van der Waals surface area contributed by atoms with Gasteiger partial charge in [-0.2, -0.15) is 0 Å². The number of nitrogen functional groups attached to an aromatic ring is 1. The van der Waals surface area contributed by atoms with Gasteiger partial charge >= 0.3 is 0 Å². The summed E-state index contributed by atoms with van der Waals surface area (Å²) >= 11 is 6.43. The number of pyridine rings is 1. The minimum atomic E-state index is -0.137. The van der Waals surface area contributed by atoms with Gasteiger partial charge in [-0.05, 0) is 43.7 Å². The molecule has 2 aromatic heterocycles. The number of fused-ring (bicyclic) bond motifs is 1. The number of carbonyl (C=O) groups is 1. The van der Waals surface area contributed by atoms with Crippen molar-refractivity contribution in [2.24, 2.45) is 0 Å². The molecule has 0 bridgehead atoms. The summed E-state index contributed by atoms with van der Waals surface area (Å²) in [4.78, 5) is 22.5. The van der Waals surface area contributed by atoms with Crippen LogP contribution in [0.1, 0.15) is 24.2 Å². The zero-order chi connectivity index (χ0) is 22.8. The third-order valence-electron chi connectivity index (χ3n) is 5.67. The Bertz CT molecular complexity index is 1290. The highest BCUT2D eigenvalue weighted by Crippen LogP contribution is 2.37. The van der Waals surface area contributed by atoms with Crippen molar-refractivity contribution >= 4 is 34.2 Å². The van der Waals surface area contributed by atoms with Gasteiger partial charge in [-0.3, -0.25) is 4.79 Å². The number of aromatic amines is 1. The van der Waals surface area contributed by atoms with Crippen LogP contribution in [0.15, 0.2) is 54.9 Å². The Morgan fingerprint density at radius 1 is 1.12 bits per heavy atom. The maximum atomic E-state index is 13.0. The topological polar surface area (TPSA) is 84.2 Å². The van der Waals surface area contributed by atoms with Gasteiger partial charge in [-0.25, -0.2) is 4.98 Å². The zero-order valence-corrected chi connectivity index (χ0v) is 19.0. The molecule has 0 fully saturated rings.